The van der Waals surface area contributed by atoms with Crippen LogP contribution < -0.4 is 0 Å². The molecule has 0 fully saturated rings. The van der Waals surface area contributed by atoms with Crippen LogP contribution in [0.5, 0.6) is 0 Å². The molecular formula is C23H21FN2O3. The Bertz CT molecular complexity index is 1100. The van der Waals surface area contributed by atoms with Gasteiger partial charge in [-0.2, -0.15) is 0 Å². The van der Waals surface area contributed by atoms with Crippen molar-refractivity contribution in [2.45, 2.75) is 25.8 Å². The second kappa shape index (κ2) is 7.99. The molecule has 0 saturated heterocycles. The third kappa shape index (κ3) is 3.97. The van der Waals surface area contributed by atoms with Crippen LogP contribution in [0.1, 0.15) is 33.6 Å². The highest BCUT2D eigenvalue weighted by Crippen LogP contribution is 2.30. The SMILES string of the molecule is CN(Cc1cccc(F)c1)C(=O)COC(=O)c1c2c(nc3ccccc13)CCC2. The first-order valence-corrected chi connectivity index (χ1v) is 9.59. The van der Waals surface area contributed by atoms with Crippen LogP contribution in [0, 0.1) is 5.82 Å². The lowest BCUT2D eigenvalue weighted by molar-refractivity contribution is -0.133. The molecule has 0 unspecified atom stereocenters. The van der Waals surface area contributed by atoms with E-state index in [1.54, 1.807) is 19.2 Å². The van der Waals surface area contributed by atoms with Gasteiger partial charge in [-0.3, -0.25) is 9.78 Å². The number of ether oxygens (including phenoxy) is 1. The van der Waals surface area contributed by atoms with Gasteiger partial charge in [0, 0.05) is 24.7 Å². The van der Waals surface area contributed by atoms with E-state index in [0.717, 1.165) is 41.4 Å². The second-order valence-corrected chi connectivity index (χ2v) is 7.24. The van der Waals surface area contributed by atoms with Crippen LogP contribution in [0.25, 0.3) is 10.9 Å². The van der Waals surface area contributed by atoms with Gasteiger partial charge in [0.2, 0.25) is 0 Å². The zero-order valence-corrected chi connectivity index (χ0v) is 16.2. The molecule has 148 valence electrons. The maximum absolute atomic E-state index is 13.3. The maximum Gasteiger partial charge on any atom is 0.339 e. The van der Waals surface area contributed by atoms with Gasteiger partial charge in [-0.05, 0) is 48.6 Å². The average molecular weight is 392 g/mol. The highest BCUT2D eigenvalue weighted by atomic mass is 19.1. The van der Waals surface area contributed by atoms with E-state index in [1.165, 1.54) is 17.0 Å². The number of aromatic nitrogens is 1. The van der Waals surface area contributed by atoms with Crippen molar-refractivity contribution in [1.29, 1.82) is 0 Å². The van der Waals surface area contributed by atoms with Crippen LogP contribution in [0.4, 0.5) is 4.39 Å². The number of benzene rings is 2. The molecule has 1 aromatic heterocycles. The molecule has 0 atom stereocenters. The Morgan fingerprint density at radius 1 is 1.14 bits per heavy atom. The van der Waals surface area contributed by atoms with Crippen LogP contribution in [0.2, 0.25) is 0 Å². The first kappa shape index (κ1) is 19.1. The predicted octanol–water partition coefficient (Wildman–Crippen LogP) is 3.68. The molecule has 0 spiro atoms. The van der Waals surface area contributed by atoms with Gasteiger partial charge in [-0.25, -0.2) is 9.18 Å². The summed E-state index contributed by atoms with van der Waals surface area (Å²) >= 11 is 0. The number of esters is 1. The Labute approximate surface area is 168 Å². The number of para-hydroxylation sites is 1. The van der Waals surface area contributed by atoms with E-state index in [-0.39, 0.29) is 24.9 Å². The van der Waals surface area contributed by atoms with E-state index >= 15 is 0 Å². The maximum atomic E-state index is 13.3. The molecule has 4 rings (SSSR count). The van der Waals surface area contributed by atoms with E-state index in [1.807, 2.05) is 24.3 Å². The van der Waals surface area contributed by atoms with E-state index in [0.29, 0.717) is 11.1 Å². The summed E-state index contributed by atoms with van der Waals surface area (Å²) in [7, 11) is 1.60. The van der Waals surface area contributed by atoms with Crippen molar-refractivity contribution in [2.24, 2.45) is 0 Å². The smallest absolute Gasteiger partial charge is 0.339 e. The zero-order chi connectivity index (χ0) is 20.4. The molecule has 0 bridgehead atoms. The molecule has 1 heterocycles. The van der Waals surface area contributed by atoms with Gasteiger partial charge in [-0.1, -0.05) is 30.3 Å². The van der Waals surface area contributed by atoms with E-state index in [2.05, 4.69) is 4.98 Å². The normalized spacial score (nSPS) is 12.6. The van der Waals surface area contributed by atoms with E-state index in [4.69, 9.17) is 4.74 Å². The minimum atomic E-state index is -0.505. The summed E-state index contributed by atoms with van der Waals surface area (Å²) in [5.41, 5.74) is 3.81. The summed E-state index contributed by atoms with van der Waals surface area (Å²) in [5, 5.41) is 0.749. The summed E-state index contributed by atoms with van der Waals surface area (Å²) in [4.78, 5) is 31.4. The molecule has 0 saturated carbocycles. The first-order chi connectivity index (χ1) is 14.0. The van der Waals surface area contributed by atoms with Crippen molar-refractivity contribution in [2.75, 3.05) is 13.7 Å². The fourth-order valence-electron chi connectivity index (χ4n) is 3.75. The molecule has 6 heteroatoms. The summed E-state index contributed by atoms with van der Waals surface area (Å²) in [6.07, 6.45) is 2.58. The molecule has 1 aliphatic carbocycles. The zero-order valence-electron chi connectivity index (χ0n) is 16.2. The number of amides is 1. The molecule has 2 aromatic carbocycles. The molecule has 29 heavy (non-hydrogen) atoms. The second-order valence-electron chi connectivity index (χ2n) is 7.24. The van der Waals surface area contributed by atoms with Gasteiger partial charge < -0.3 is 9.64 Å². The number of hydrogen-bond acceptors (Lipinski definition) is 4. The number of aryl methyl sites for hydroxylation is 1. The Kier molecular flexibility index (Phi) is 5.25. The molecule has 5 nitrogen and oxygen atoms in total. The summed E-state index contributed by atoms with van der Waals surface area (Å²) < 4.78 is 18.7. The van der Waals surface area contributed by atoms with Crippen molar-refractivity contribution in [3.63, 3.8) is 0 Å². The van der Waals surface area contributed by atoms with Gasteiger partial charge in [0.25, 0.3) is 5.91 Å². The highest BCUT2D eigenvalue weighted by Gasteiger charge is 2.25. The Morgan fingerprint density at radius 3 is 2.79 bits per heavy atom. The van der Waals surface area contributed by atoms with Crippen molar-refractivity contribution in [1.82, 2.24) is 9.88 Å². The fourth-order valence-corrected chi connectivity index (χ4v) is 3.75. The number of likely N-dealkylation sites (N-methyl/N-ethyl adjacent to an activating group) is 1. The van der Waals surface area contributed by atoms with Crippen LogP contribution >= 0.6 is 0 Å². The van der Waals surface area contributed by atoms with Gasteiger partial charge in [0.1, 0.15) is 5.82 Å². The number of carbonyl (C=O) groups excluding carboxylic acids is 2. The predicted molar refractivity (Wildman–Crippen MR) is 107 cm³/mol. The van der Waals surface area contributed by atoms with E-state index < -0.39 is 5.97 Å². The lowest BCUT2D eigenvalue weighted by atomic mass is 10.0. The minimum Gasteiger partial charge on any atom is -0.452 e. The Morgan fingerprint density at radius 2 is 1.97 bits per heavy atom. The minimum absolute atomic E-state index is 0.238. The number of pyridine rings is 1. The van der Waals surface area contributed by atoms with Gasteiger partial charge in [0.15, 0.2) is 6.61 Å². The fraction of sp³-hybridized carbons (Fsp3) is 0.261. The van der Waals surface area contributed by atoms with Gasteiger partial charge in [0.05, 0.1) is 11.1 Å². The molecule has 0 aliphatic heterocycles. The Hall–Kier alpha value is -3.28. The van der Waals surface area contributed by atoms with Crippen LogP contribution in [-0.2, 0) is 28.9 Å². The van der Waals surface area contributed by atoms with Crippen molar-refractivity contribution in [3.8, 4) is 0 Å². The molecule has 0 radical (unpaired) electrons. The highest BCUT2D eigenvalue weighted by molar-refractivity contribution is 6.05. The topological polar surface area (TPSA) is 59.5 Å². The molecule has 3 aromatic rings. The Balaban J connectivity index is 1.48. The third-order valence-corrected chi connectivity index (χ3v) is 5.18. The molecule has 0 N–H and O–H groups in total. The quantitative estimate of drug-likeness (QED) is 0.622. The largest absolute Gasteiger partial charge is 0.452 e. The number of halogens is 1. The summed E-state index contributed by atoms with van der Waals surface area (Å²) in [6, 6.07) is 13.5. The number of fused-ring (bicyclic) bond motifs is 2. The van der Waals surface area contributed by atoms with Crippen molar-refractivity contribution in [3.05, 3.63) is 76.7 Å². The molecular weight excluding hydrogens is 371 g/mol. The number of carbonyl (C=O) groups is 2. The lowest BCUT2D eigenvalue weighted by Crippen LogP contribution is -2.31. The van der Waals surface area contributed by atoms with Crippen LogP contribution in [0.3, 0.4) is 0 Å². The number of nitrogens with zero attached hydrogens (tertiary/aromatic N) is 2. The third-order valence-electron chi connectivity index (χ3n) is 5.18. The van der Waals surface area contributed by atoms with Crippen molar-refractivity contribution < 1.29 is 18.7 Å². The lowest BCUT2D eigenvalue weighted by Gasteiger charge is -2.18. The standard InChI is InChI=1S/C23H21FN2O3/c1-26(13-15-6-4-7-16(24)12-15)21(27)14-29-23(28)22-17-8-2-3-10-19(17)25-20-11-5-9-18(20)22/h2-4,6-8,10,12H,5,9,11,13-14H2,1H3. The van der Waals surface area contributed by atoms with Crippen LogP contribution in [-0.4, -0.2) is 35.4 Å². The number of hydrogen-bond donors (Lipinski definition) is 0. The average Bonchev–Trinajstić information content (AvgIpc) is 3.17. The van der Waals surface area contributed by atoms with Crippen molar-refractivity contribution >= 4 is 22.8 Å². The first-order valence-electron chi connectivity index (χ1n) is 9.59. The summed E-state index contributed by atoms with van der Waals surface area (Å²) in [5.74, 6) is -1.21. The van der Waals surface area contributed by atoms with E-state index in [9.17, 15) is 14.0 Å². The molecule has 1 aliphatic rings. The number of rotatable bonds is 5. The van der Waals surface area contributed by atoms with Gasteiger partial charge in [-0.15, -0.1) is 0 Å². The summed E-state index contributed by atoms with van der Waals surface area (Å²) in [6.45, 7) is -0.127. The van der Waals surface area contributed by atoms with Gasteiger partial charge >= 0.3 is 5.97 Å². The van der Waals surface area contributed by atoms with Crippen LogP contribution in [0.15, 0.2) is 48.5 Å². The molecule has 1 amide bonds. The monoisotopic (exact) mass is 392 g/mol.